The molecular formula is C10H16N2O. The third-order valence-corrected chi connectivity index (χ3v) is 3.17. The summed E-state index contributed by atoms with van der Waals surface area (Å²) < 4.78 is 0. The number of hydrogen-bond donors (Lipinski definition) is 0. The van der Waals surface area contributed by atoms with Crippen molar-refractivity contribution in [3.05, 3.63) is 11.6 Å². The number of carbonyl (C=O) groups excluding carboxylic acids is 1. The van der Waals surface area contributed by atoms with Gasteiger partial charge in [-0.05, 0) is 13.3 Å². The number of nitrogens with zero attached hydrogens (tertiary/aromatic N) is 2. The zero-order valence-corrected chi connectivity index (χ0v) is 8.45. The summed E-state index contributed by atoms with van der Waals surface area (Å²) in [7, 11) is 1.88. The number of amides is 2. The molecule has 2 atom stereocenters. The van der Waals surface area contributed by atoms with Crippen LogP contribution in [-0.2, 0) is 0 Å². The fraction of sp³-hybridized carbons (Fsp3) is 0.700. The van der Waals surface area contributed by atoms with E-state index in [1.807, 2.05) is 16.8 Å². The van der Waals surface area contributed by atoms with Gasteiger partial charge in [-0.15, -0.1) is 0 Å². The summed E-state index contributed by atoms with van der Waals surface area (Å²) in [5, 5.41) is 0. The molecule has 0 aliphatic carbocycles. The van der Waals surface area contributed by atoms with Crippen LogP contribution in [0.15, 0.2) is 11.6 Å². The molecule has 0 saturated carbocycles. The summed E-state index contributed by atoms with van der Waals surface area (Å²) in [6.07, 6.45) is 3.25. The van der Waals surface area contributed by atoms with E-state index in [1.54, 1.807) is 0 Å². The second kappa shape index (κ2) is 2.76. The van der Waals surface area contributed by atoms with Crippen molar-refractivity contribution in [2.45, 2.75) is 32.4 Å². The van der Waals surface area contributed by atoms with Gasteiger partial charge in [-0.2, -0.15) is 0 Å². The SMILES string of the molecule is CC[C@@H]1C(C)=C[C@@H]2CN1C(=O)N2C. The van der Waals surface area contributed by atoms with Crippen LogP contribution in [0.5, 0.6) is 0 Å². The lowest BCUT2D eigenvalue weighted by atomic mass is 9.99. The molecule has 0 aromatic rings. The fourth-order valence-corrected chi connectivity index (χ4v) is 2.37. The summed E-state index contributed by atoms with van der Waals surface area (Å²) in [5.41, 5.74) is 1.34. The molecular weight excluding hydrogens is 164 g/mol. The van der Waals surface area contributed by atoms with Crippen LogP contribution >= 0.6 is 0 Å². The van der Waals surface area contributed by atoms with Gasteiger partial charge in [0.25, 0.3) is 0 Å². The summed E-state index contributed by atoms with van der Waals surface area (Å²) in [4.78, 5) is 15.5. The van der Waals surface area contributed by atoms with E-state index in [9.17, 15) is 4.79 Å². The average molecular weight is 180 g/mol. The Morgan fingerprint density at radius 2 is 2.31 bits per heavy atom. The molecule has 13 heavy (non-hydrogen) atoms. The third kappa shape index (κ3) is 1.06. The molecule has 1 saturated heterocycles. The van der Waals surface area contributed by atoms with Crippen molar-refractivity contribution in [3.8, 4) is 0 Å². The van der Waals surface area contributed by atoms with Crippen LogP contribution in [0.3, 0.4) is 0 Å². The second-order valence-electron chi connectivity index (χ2n) is 3.95. The molecule has 3 nitrogen and oxygen atoms in total. The summed E-state index contributed by atoms with van der Waals surface area (Å²) in [5.74, 6) is 0. The lowest BCUT2D eigenvalue weighted by Crippen LogP contribution is -2.39. The van der Waals surface area contributed by atoms with E-state index >= 15 is 0 Å². The van der Waals surface area contributed by atoms with Gasteiger partial charge in [0.05, 0.1) is 12.1 Å². The Kier molecular flexibility index (Phi) is 1.82. The minimum absolute atomic E-state index is 0.185. The van der Waals surface area contributed by atoms with Crippen molar-refractivity contribution < 1.29 is 4.79 Å². The Balaban J connectivity index is 2.33. The lowest BCUT2D eigenvalue weighted by molar-refractivity contribution is 0.188. The van der Waals surface area contributed by atoms with Gasteiger partial charge < -0.3 is 9.80 Å². The molecule has 2 heterocycles. The van der Waals surface area contributed by atoms with Crippen LogP contribution in [0.1, 0.15) is 20.3 Å². The molecule has 1 fully saturated rings. The Bertz CT molecular complexity index is 272. The Morgan fingerprint density at radius 3 is 2.92 bits per heavy atom. The van der Waals surface area contributed by atoms with Crippen molar-refractivity contribution in [1.29, 1.82) is 0 Å². The maximum absolute atomic E-state index is 11.7. The molecule has 0 aromatic heterocycles. The van der Waals surface area contributed by atoms with Crippen LogP contribution in [-0.4, -0.2) is 41.5 Å². The molecule has 2 amide bonds. The van der Waals surface area contributed by atoms with Crippen LogP contribution in [0.25, 0.3) is 0 Å². The van der Waals surface area contributed by atoms with Gasteiger partial charge in [-0.1, -0.05) is 18.6 Å². The van der Waals surface area contributed by atoms with Crippen LogP contribution in [0, 0.1) is 0 Å². The molecule has 0 N–H and O–H groups in total. The molecule has 0 aromatic carbocycles. The average Bonchev–Trinajstić information content (AvgIpc) is 2.33. The number of likely N-dealkylation sites (N-methyl/N-ethyl adjacent to an activating group) is 1. The molecule has 0 radical (unpaired) electrons. The number of hydrogen-bond acceptors (Lipinski definition) is 1. The van der Waals surface area contributed by atoms with E-state index in [2.05, 4.69) is 19.9 Å². The van der Waals surface area contributed by atoms with E-state index in [-0.39, 0.29) is 6.03 Å². The first-order valence-corrected chi connectivity index (χ1v) is 4.87. The number of urea groups is 1. The van der Waals surface area contributed by atoms with Crippen molar-refractivity contribution in [2.75, 3.05) is 13.6 Å². The molecule has 72 valence electrons. The Labute approximate surface area is 79.0 Å². The fourth-order valence-electron chi connectivity index (χ4n) is 2.37. The van der Waals surface area contributed by atoms with Gasteiger partial charge in [0, 0.05) is 13.6 Å². The predicted octanol–water partition coefficient (Wildman–Crippen LogP) is 1.46. The van der Waals surface area contributed by atoms with E-state index < -0.39 is 0 Å². The van der Waals surface area contributed by atoms with Gasteiger partial charge in [-0.3, -0.25) is 0 Å². The van der Waals surface area contributed by atoms with Gasteiger partial charge in [0.2, 0.25) is 0 Å². The quantitative estimate of drug-likeness (QED) is 0.560. The first kappa shape index (κ1) is 8.60. The zero-order valence-electron chi connectivity index (χ0n) is 8.45. The molecule has 2 aliphatic heterocycles. The van der Waals surface area contributed by atoms with Gasteiger partial charge >= 0.3 is 6.03 Å². The first-order chi connectivity index (χ1) is 6.15. The highest BCUT2D eigenvalue weighted by Gasteiger charge is 2.40. The van der Waals surface area contributed by atoms with Gasteiger partial charge in [-0.25, -0.2) is 4.79 Å². The standard InChI is InChI=1S/C10H16N2O/c1-4-9-7(2)5-8-6-12(9)10(13)11(8)3/h5,8-9H,4,6H2,1-3H3/t8-,9-/m1/s1. The summed E-state index contributed by atoms with van der Waals surface area (Å²) in [6.45, 7) is 5.14. The van der Waals surface area contributed by atoms with Crippen LogP contribution in [0.4, 0.5) is 4.79 Å². The minimum Gasteiger partial charge on any atom is -0.319 e. The highest BCUT2D eigenvalue weighted by Crippen LogP contribution is 2.29. The van der Waals surface area contributed by atoms with E-state index in [4.69, 9.17) is 0 Å². The van der Waals surface area contributed by atoms with Gasteiger partial charge in [0.15, 0.2) is 0 Å². The normalized spacial score (nSPS) is 32.5. The molecule has 0 unspecified atom stereocenters. The Morgan fingerprint density at radius 1 is 1.62 bits per heavy atom. The van der Waals surface area contributed by atoms with Crippen LogP contribution in [0.2, 0.25) is 0 Å². The van der Waals surface area contributed by atoms with E-state index in [0.29, 0.717) is 12.1 Å². The zero-order chi connectivity index (χ0) is 9.59. The minimum atomic E-state index is 0.185. The molecule has 2 bridgehead atoms. The molecule has 3 heteroatoms. The van der Waals surface area contributed by atoms with Crippen molar-refractivity contribution >= 4 is 6.03 Å². The van der Waals surface area contributed by atoms with Crippen molar-refractivity contribution in [3.63, 3.8) is 0 Å². The van der Waals surface area contributed by atoms with E-state index in [0.717, 1.165) is 13.0 Å². The monoisotopic (exact) mass is 180 g/mol. The van der Waals surface area contributed by atoms with E-state index in [1.165, 1.54) is 5.57 Å². The lowest BCUT2D eigenvalue weighted by Gasteiger charge is -2.29. The molecule has 0 spiro atoms. The third-order valence-electron chi connectivity index (χ3n) is 3.17. The largest absolute Gasteiger partial charge is 0.320 e. The highest BCUT2D eigenvalue weighted by molar-refractivity contribution is 5.79. The maximum Gasteiger partial charge on any atom is 0.320 e. The first-order valence-electron chi connectivity index (χ1n) is 4.87. The molecule has 2 aliphatic rings. The topological polar surface area (TPSA) is 23.6 Å². The van der Waals surface area contributed by atoms with Crippen molar-refractivity contribution in [1.82, 2.24) is 9.80 Å². The number of rotatable bonds is 1. The summed E-state index contributed by atoms with van der Waals surface area (Å²) in [6, 6.07) is 0.842. The number of fused-ring (bicyclic) bond motifs is 2. The summed E-state index contributed by atoms with van der Waals surface area (Å²) >= 11 is 0. The van der Waals surface area contributed by atoms with Gasteiger partial charge in [0.1, 0.15) is 0 Å². The number of carbonyl (C=O) groups is 1. The maximum atomic E-state index is 11.7. The second-order valence-corrected chi connectivity index (χ2v) is 3.95. The predicted molar refractivity (Wildman–Crippen MR) is 51.5 cm³/mol. The van der Waals surface area contributed by atoms with Crippen molar-refractivity contribution in [2.24, 2.45) is 0 Å². The van der Waals surface area contributed by atoms with Crippen LogP contribution < -0.4 is 0 Å². The Hall–Kier alpha value is -0.990. The highest BCUT2D eigenvalue weighted by atomic mass is 16.2. The molecule has 2 rings (SSSR count). The smallest absolute Gasteiger partial charge is 0.319 e.